The summed E-state index contributed by atoms with van der Waals surface area (Å²) in [6.45, 7) is 1.44. The summed E-state index contributed by atoms with van der Waals surface area (Å²) in [6.07, 6.45) is -6.10. The Balaban J connectivity index is 1.89. The monoisotopic (exact) mass is 481 g/mol. The zero-order valence-corrected chi connectivity index (χ0v) is 17.5. The highest BCUT2D eigenvalue weighted by atomic mass is 32.1. The number of H-pyrrole nitrogens is 1. The van der Waals surface area contributed by atoms with E-state index in [1.807, 2.05) is 0 Å². The maximum Gasteiger partial charge on any atom is 0.416 e. The number of fused-ring (bicyclic) bond motifs is 2. The molecule has 1 aliphatic rings. The van der Waals surface area contributed by atoms with Crippen LogP contribution in [0.4, 0.5) is 13.2 Å². The molecule has 4 heterocycles. The van der Waals surface area contributed by atoms with Crippen molar-refractivity contribution in [1.82, 2.24) is 14.1 Å². The van der Waals surface area contributed by atoms with Crippen molar-refractivity contribution in [3.8, 4) is 5.69 Å². The Kier molecular flexibility index (Phi) is 4.74. The molecular weight excluding hydrogens is 467 g/mol. The van der Waals surface area contributed by atoms with Crippen molar-refractivity contribution in [1.29, 1.82) is 0 Å². The lowest BCUT2D eigenvalue weighted by atomic mass is 10.1. The van der Waals surface area contributed by atoms with E-state index in [0.717, 1.165) is 29.5 Å². The first kappa shape index (κ1) is 21.4. The van der Waals surface area contributed by atoms with Gasteiger partial charge in [0.1, 0.15) is 0 Å². The second-order valence-corrected chi connectivity index (χ2v) is 8.13. The molecule has 3 aromatic heterocycles. The van der Waals surface area contributed by atoms with Crippen LogP contribution in [-0.4, -0.2) is 37.8 Å². The van der Waals surface area contributed by atoms with Gasteiger partial charge in [-0.2, -0.15) is 13.2 Å². The zero-order valence-electron chi connectivity index (χ0n) is 16.7. The molecule has 33 heavy (non-hydrogen) atoms. The second kappa shape index (κ2) is 7.30. The number of nitrogens with one attached hydrogen (secondary N) is 1. The van der Waals surface area contributed by atoms with E-state index in [9.17, 15) is 32.7 Å². The number of carbonyl (C=O) groups is 1. The molecular formula is C20H14F3N3O6S. The number of rotatable bonds is 4. The third kappa shape index (κ3) is 3.35. The van der Waals surface area contributed by atoms with Crippen molar-refractivity contribution in [2.45, 2.75) is 32.2 Å². The van der Waals surface area contributed by atoms with E-state index in [2.05, 4.69) is 4.98 Å². The maximum absolute atomic E-state index is 13.5. The van der Waals surface area contributed by atoms with Crippen molar-refractivity contribution >= 4 is 39.1 Å². The van der Waals surface area contributed by atoms with Crippen LogP contribution >= 0.6 is 11.3 Å². The summed E-state index contributed by atoms with van der Waals surface area (Å²) in [5.74, 6) is -1.54. The van der Waals surface area contributed by atoms with Crippen molar-refractivity contribution in [2.75, 3.05) is 0 Å². The van der Waals surface area contributed by atoms with Gasteiger partial charge in [-0.25, -0.2) is 14.2 Å². The molecule has 0 saturated carbocycles. The highest BCUT2D eigenvalue weighted by Crippen LogP contribution is 2.36. The van der Waals surface area contributed by atoms with Gasteiger partial charge in [0.25, 0.3) is 5.56 Å². The van der Waals surface area contributed by atoms with Crippen LogP contribution in [0.5, 0.6) is 0 Å². The first-order valence-electron chi connectivity index (χ1n) is 9.55. The fourth-order valence-corrected chi connectivity index (χ4v) is 4.72. The number of aromatic nitrogens is 3. The van der Waals surface area contributed by atoms with E-state index >= 15 is 0 Å². The summed E-state index contributed by atoms with van der Waals surface area (Å²) < 4.78 is 52.8. The summed E-state index contributed by atoms with van der Waals surface area (Å²) in [5, 5.41) is 12.9. The fourth-order valence-electron chi connectivity index (χ4n) is 3.97. The lowest BCUT2D eigenvalue weighted by Gasteiger charge is -2.34. The van der Waals surface area contributed by atoms with Crippen LogP contribution in [0.3, 0.4) is 0 Å². The zero-order chi connectivity index (χ0) is 23.7. The number of nitrogens with zero attached hydrogens (tertiary/aromatic N) is 2. The average molecular weight is 481 g/mol. The maximum atomic E-state index is 13.5. The third-order valence-corrected chi connectivity index (χ3v) is 6.09. The molecule has 1 aromatic carbocycles. The van der Waals surface area contributed by atoms with E-state index in [1.165, 1.54) is 15.3 Å². The molecule has 1 aliphatic heterocycles. The van der Waals surface area contributed by atoms with Gasteiger partial charge < -0.3 is 24.1 Å². The smallest absolute Gasteiger partial charge is 0.416 e. The first-order chi connectivity index (χ1) is 15.6. The van der Waals surface area contributed by atoms with Gasteiger partial charge in [-0.05, 0) is 25.1 Å². The largest absolute Gasteiger partial charge is 0.477 e. The van der Waals surface area contributed by atoms with Crippen molar-refractivity contribution in [3.63, 3.8) is 0 Å². The standard InChI is InChI=1S/C20H14F3N3O6S/c1-8-31-14(32-8)5-25-13-3-2-9(20(21,22)23)4-10(13)15(16(25)18(28)29)26-17(27)11-6-33-7-12(11)24-19(26)30/h2-4,6-8,14H,5H2,1H3,(H,24,30)(H,28,29). The number of carboxylic acid groups (broad SMARTS) is 1. The predicted molar refractivity (Wildman–Crippen MR) is 111 cm³/mol. The normalized spacial score (nSPS) is 18.7. The molecule has 4 aromatic rings. The molecule has 0 bridgehead atoms. The predicted octanol–water partition coefficient (Wildman–Crippen LogP) is 3.13. The van der Waals surface area contributed by atoms with Gasteiger partial charge in [0.2, 0.25) is 0 Å². The number of ether oxygens (including phenoxy) is 2. The van der Waals surface area contributed by atoms with Gasteiger partial charge >= 0.3 is 17.8 Å². The van der Waals surface area contributed by atoms with Gasteiger partial charge in [0, 0.05) is 16.1 Å². The summed E-state index contributed by atoms with van der Waals surface area (Å²) in [7, 11) is 0. The topological polar surface area (TPSA) is 116 Å². The lowest BCUT2D eigenvalue weighted by molar-refractivity contribution is -0.379. The molecule has 2 N–H and O–H groups in total. The molecule has 9 nitrogen and oxygen atoms in total. The Labute approximate surface area is 185 Å². The van der Waals surface area contributed by atoms with Crippen LogP contribution in [0, 0.1) is 0 Å². The van der Waals surface area contributed by atoms with Crippen LogP contribution in [-0.2, 0) is 22.2 Å². The van der Waals surface area contributed by atoms with E-state index in [0.29, 0.717) is 4.57 Å². The minimum atomic E-state index is -4.73. The number of thiophene rings is 1. The van der Waals surface area contributed by atoms with Gasteiger partial charge in [-0.1, -0.05) is 0 Å². The Hall–Kier alpha value is -3.42. The number of hydrogen-bond acceptors (Lipinski definition) is 6. The summed E-state index contributed by atoms with van der Waals surface area (Å²) >= 11 is 1.14. The van der Waals surface area contributed by atoms with Crippen LogP contribution in [0.2, 0.25) is 0 Å². The van der Waals surface area contributed by atoms with E-state index in [1.54, 1.807) is 6.92 Å². The van der Waals surface area contributed by atoms with E-state index < -0.39 is 52.9 Å². The molecule has 1 fully saturated rings. The lowest BCUT2D eigenvalue weighted by Crippen LogP contribution is -2.42. The number of aromatic amines is 1. The first-order valence-corrected chi connectivity index (χ1v) is 10.5. The number of halogens is 3. The Morgan fingerprint density at radius 3 is 2.58 bits per heavy atom. The van der Waals surface area contributed by atoms with E-state index in [-0.39, 0.29) is 28.4 Å². The molecule has 1 saturated heterocycles. The fraction of sp³-hybridized carbons (Fsp3) is 0.250. The van der Waals surface area contributed by atoms with Crippen molar-refractivity contribution in [2.24, 2.45) is 0 Å². The molecule has 0 radical (unpaired) electrons. The van der Waals surface area contributed by atoms with Gasteiger partial charge in [0.15, 0.2) is 18.3 Å². The van der Waals surface area contributed by atoms with Crippen molar-refractivity contribution < 1.29 is 32.5 Å². The van der Waals surface area contributed by atoms with Crippen LogP contribution < -0.4 is 11.2 Å². The highest BCUT2D eigenvalue weighted by Gasteiger charge is 2.35. The molecule has 0 spiro atoms. The average Bonchev–Trinajstić information content (AvgIpc) is 3.29. The number of hydrogen-bond donors (Lipinski definition) is 2. The Morgan fingerprint density at radius 2 is 1.94 bits per heavy atom. The number of aromatic carboxylic acids is 1. The molecule has 0 amide bonds. The van der Waals surface area contributed by atoms with E-state index in [4.69, 9.17) is 9.47 Å². The number of carboxylic acids is 1. The van der Waals surface area contributed by atoms with Crippen molar-refractivity contribution in [3.05, 3.63) is 61.1 Å². The minimum Gasteiger partial charge on any atom is -0.477 e. The molecule has 0 atom stereocenters. The van der Waals surface area contributed by atoms with Crippen LogP contribution in [0.1, 0.15) is 23.0 Å². The van der Waals surface area contributed by atoms with Gasteiger partial charge in [-0.15, -0.1) is 11.3 Å². The summed E-state index contributed by atoms with van der Waals surface area (Å²) in [4.78, 5) is 40.7. The van der Waals surface area contributed by atoms with Crippen LogP contribution in [0.25, 0.3) is 27.5 Å². The molecule has 5 rings (SSSR count). The molecule has 172 valence electrons. The van der Waals surface area contributed by atoms with Gasteiger partial charge in [-0.3, -0.25) is 4.79 Å². The Bertz CT molecular complexity index is 1540. The van der Waals surface area contributed by atoms with Crippen LogP contribution in [0.15, 0.2) is 38.5 Å². The second-order valence-electron chi connectivity index (χ2n) is 7.38. The number of benzene rings is 1. The summed E-state index contributed by atoms with van der Waals surface area (Å²) in [6, 6.07) is 2.62. The highest BCUT2D eigenvalue weighted by molar-refractivity contribution is 7.09. The molecule has 0 aliphatic carbocycles. The molecule has 0 unspecified atom stereocenters. The SMILES string of the molecule is CC1OC(Cn2c(C(=O)O)c(-n3c(=O)[nH]c4cscc4c3=O)c3cc(C(F)(F)F)ccc32)O1. The summed E-state index contributed by atoms with van der Waals surface area (Å²) in [5.41, 5.74) is -3.58. The minimum absolute atomic E-state index is 0.0684. The van der Waals surface area contributed by atoms with Gasteiger partial charge in [0.05, 0.1) is 34.2 Å². The number of alkyl halides is 3. The quantitative estimate of drug-likeness (QED) is 0.463. The Morgan fingerprint density at radius 1 is 1.21 bits per heavy atom. The molecule has 13 heteroatoms. The third-order valence-electron chi connectivity index (χ3n) is 5.35.